The molecule has 96 valence electrons. The Labute approximate surface area is 110 Å². The molecule has 0 N–H and O–H groups in total. The van der Waals surface area contributed by atoms with Crippen LogP contribution in [0.2, 0.25) is 0 Å². The number of nitro groups is 1. The molecule has 4 heteroatoms. The molecule has 0 aliphatic heterocycles. The summed E-state index contributed by atoms with van der Waals surface area (Å²) < 4.78 is 0. The van der Waals surface area contributed by atoms with Crippen molar-refractivity contribution in [3.05, 3.63) is 75.3 Å². The van der Waals surface area contributed by atoms with Crippen molar-refractivity contribution in [2.75, 3.05) is 0 Å². The van der Waals surface area contributed by atoms with E-state index in [1.54, 1.807) is 12.1 Å². The molecule has 0 radical (unpaired) electrons. The van der Waals surface area contributed by atoms with Gasteiger partial charge in [0.1, 0.15) is 0 Å². The number of hydrogen-bond donors (Lipinski definition) is 0. The first-order chi connectivity index (χ1) is 9.08. The van der Waals surface area contributed by atoms with E-state index < -0.39 is 4.92 Å². The standard InChI is InChI=1S/C15H13NO3/c1-11-6-8-12(9-7-11)10-15(17)13-4-2-3-5-14(13)16(18)19/h2-9H,10H2,1H3. The minimum absolute atomic E-state index is 0.139. The predicted octanol–water partition coefficient (Wildman–Crippen LogP) is 3.33. The third-order valence-electron chi connectivity index (χ3n) is 2.89. The van der Waals surface area contributed by atoms with Crippen molar-refractivity contribution in [3.8, 4) is 0 Å². The molecule has 4 nitrogen and oxygen atoms in total. The topological polar surface area (TPSA) is 60.2 Å². The second-order valence-electron chi connectivity index (χ2n) is 4.36. The minimum Gasteiger partial charge on any atom is -0.294 e. The van der Waals surface area contributed by atoms with Crippen molar-refractivity contribution in [2.24, 2.45) is 0 Å². The van der Waals surface area contributed by atoms with Gasteiger partial charge in [-0.3, -0.25) is 14.9 Å². The highest BCUT2D eigenvalue weighted by Gasteiger charge is 2.18. The highest BCUT2D eigenvalue weighted by Crippen LogP contribution is 2.19. The van der Waals surface area contributed by atoms with E-state index in [2.05, 4.69) is 0 Å². The molecule has 19 heavy (non-hydrogen) atoms. The maximum atomic E-state index is 12.1. The number of nitro benzene ring substituents is 1. The fraction of sp³-hybridized carbons (Fsp3) is 0.133. The van der Waals surface area contributed by atoms with Gasteiger partial charge in [0.05, 0.1) is 10.5 Å². The van der Waals surface area contributed by atoms with Gasteiger partial charge in [-0.2, -0.15) is 0 Å². The number of carbonyl (C=O) groups excluding carboxylic acids is 1. The van der Waals surface area contributed by atoms with Crippen molar-refractivity contribution in [1.29, 1.82) is 0 Å². The quantitative estimate of drug-likeness (QED) is 0.478. The van der Waals surface area contributed by atoms with E-state index in [0.29, 0.717) is 0 Å². The number of ketones is 1. The summed E-state index contributed by atoms with van der Waals surface area (Å²) in [6, 6.07) is 13.6. The lowest BCUT2D eigenvalue weighted by Crippen LogP contribution is -2.06. The first kappa shape index (κ1) is 13.0. The maximum Gasteiger partial charge on any atom is 0.280 e. The van der Waals surface area contributed by atoms with Crippen LogP contribution in [0.15, 0.2) is 48.5 Å². The number of aryl methyl sites for hydroxylation is 1. The summed E-state index contributed by atoms with van der Waals surface area (Å²) in [6.07, 6.45) is 0.172. The average Bonchev–Trinajstić information content (AvgIpc) is 2.41. The van der Waals surface area contributed by atoms with Gasteiger partial charge in [-0.1, -0.05) is 42.0 Å². The zero-order valence-corrected chi connectivity index (χ0v) is 10.5. The summed E-state index contributed by atoms with van der Waals surface area (Å²) in [4.78, 5) is 22.5. The Morgan fingerprint density at radius 3 is 2.37 bits per heavy atom. The van der Waals surface area contributed by atoms with Gasteiger partial charge in [-0.05, 0) is 18.6 Å². The highest BCUT2D eigenvalue weighted by atomic mass is 16.6. The van der Waals surface area contributed by atoms with Crippen LogP contribution in [0.4, 0.5) is 5.69 Å². The molecule has 0 saturated heterocycles. The van der Waals surface area contributed by atoms with E-state index in [-0.39, 0.29) is 23.5 Å². The van der Waals surface area contributed by atoms with Crippen molar-refractivity contribution in [1.82, 2.24) is 0 Å². The van der Waals surface area contributed by atoms with Gasteiger partial charge in [-0.15, -0.1) is 0 Å². The molecule has 0 heterocycles. The Hall–Kier alpha value is -2.49. The fourth-order valence-corrected chi connectivity index (χ4v) is 1.86. The molecule has 0 atom stereocenters. The Morgan fingerprint density at radius 2 is 1.74 bits per heavy atom. The molecule has 0 aromatic heterocycles. The van der Waals surface area contributed by atoms with Gasteiger partial charge in [-0.25, -0.2) is 0 Å². The van der Waals surface area contributed by atoms with E-state index in [1.807, 2.05) is 31.2 Å². The molecule has 0 fully saturated rings. The number of rotatable bonds is 4. The number of nitrogens with zero attached hydrogens (tertiary/aromatic N) is 1. The number of benzene rings is 2. The van der Waals surface area contributed by atoms with Gasteiger partial charge in [0.2, 0.25) is 0 Å². The second kappa shape index (κ2) is 5.44. The number of para-hydroxylation sites is 1. The van der Waals surface area contributed by atoms with E-state index in [1.165, 1.54) is 12.1 Å². The summed E-state index contributed by atoms with van der Waals surface area (Å²) in [5.74, 6) is -0.240. The second-order valence-corrected chi connectivity index (χ2v) is 4.36. The average molecular weight is 255 g/mol. The minimum atomic E-state index is -0.525. The van der Waals surface area contributed by atoms with Crippen molar-refractivity contribution >= 4 is 11.5 Å². The lowest BCUT2D eigenvalue weighted by atomic mass is 10.0. The molecule has 0 spiro atoms. The molecule has 2 aromatic rings. The Kier molecular flexibility index (Phi) is 3.71. The Morgan fingerprint density at radius 1 is 1.11 bits per heavy atom. The first-order valence-electron chi connectivity index (χ1n) is 5.90. The third-order valence-corrected chi connectivity index (χ3v) is 2.89. The van der Waals surface area contributed by atoms with Gasteiger partial charge in [0.25, 0.3) is 5.69 Å². The monoisotopic (exact) mass is 255 g/mol. The van der Waals surface area contributed by atoms with Crippen LogP contribution in [0.25, 0.3) is 0 Å². The number of Topliss-reactive ketones (excluding diaryl/α,β-unsaturated/α-hetero) is 1. The lowest BCUT2D eigenvalue weighted by molar-refractivity contribution is -0.385. The van der Waals surface area contributed by atoms with Crippen LogP contribution in [0.1, 0.15) is 21.5 Å². The van der Waals surface area contributed by atoms with Crippen molar-refractivity contribution < 1.29 is 9.72 Å². The maximum absolute atomic E-state index is 12.1. The molecule has 0 aliphatic rings. The van der Waals surface area contributed by atoms with Crippen molar-refractivity contribution in [3.63, 3.8) is 0 Å². The van der Waals surface area contributed by atoms with Crippen LogP contribution >= 0.6 is 0 Å². The van der Waals surface area contributed by atoms with E-state index in [4.69, 9.17) is 0 Å². The van der Waals surface area contributed by atoms with Crippen LogP contribution in [0, 0.1) is 17.0 Å². The fourth-order valence-electron chi connectivity index (χ4n) is 1.86. The van der Waals surface area contributed by atoms with Crippen LogP contribution in [0.5, 0.6) is 0 Å². The van der Waals surface area contributed by atoms with E-state index in [0.717, 1.165) is 11.1 Å². The number of hydrogen-bond acceptors (Lipinski definition) is 3. The SMILES string of the molecule is Cc1ccc(CC(=O)c2ccccc2[N+](=O)[O-])cc1. The molecule has 2 aromatic carbocycles. The summed E-state index contributed by atoms with van der Waals surface area (Å²) in [7, 11) is 0. The summed E-state index contributed by atoms with van der Waals surface area (Å²) in [5.41, 5.74) is 1.99. The summed E-state index contributed by atoms with van der Waals surface area (Å²) in [5, 5.41) is 10.9. The van der Waals surface area contributed by atoms with E-state index in [9.17, 15) is 14.9 Å². The van der Waals surface area contributed by atoms with Gasteiger partial charge in [0.15, 0.2) is 5.78 Å². The third kappa shape index (κ3) is 3.04. The summed E-state index contributed by atoms with van der Waals surface area (Å²) in [6.45, 7) is 1.97. The molecule has 0 saturated carbocycles. The zero-order chi connectivity index (χ0) is 13.8. The van der Waals surface area contributed by atoms with Crippen LogP contribution in [-0.4, -0.2) is 10.7 Å². The molecular formula is C15H13NO3. The Balaban J connectivity index is 2.25. The molecular weight excluding hydrogens is 242 g/mol. The normalized spacial score (nSPS) is 10.2. The van der Waals surface area contributed by atoms with Gasteiger partial charge >= 0.3 is 0 Å². The highest BCUT2D eigenvalue weighted by molar-refractivity contribution is 6.01. The number of carbonyl (C=O) groups is 1. The molecule has 0 bridgehead atoms. The largest absolute Gasteiger partial charge is 0.294 e. The van der Waals surface area contributed by atoms with Crippen LogP contribution in [-0.2, 0) is 6.42 Å². The summed E-state index contributed by atoms with van der Waals surface area (Å²) >= 11 is 0. The van der Waals surface area contributed by atoms with E-state index >= 15 is 0 Å². The zero-order valence-electron chi connectivity index (χ0n) is 10.5. The lowest BCUT2D eigenvalue weighted by Gasteiger charge is -2.03. The molecule has 0 unspecified atom stereocenters. The van der Waals surface area contributed by atoms with Gasteiger partial charge < -0.3 is 0 Å². The van der Waals surface area contributed by atoms with Crippen LogP contribution < -0.4 is 0 Å². The molecule has 0 amide bonds. The molecule has 2 rings (SSSR count). The van der Waals surface area contributed by atoms with Gasteiger partial charge in [0, 0.05) is 12.5 Å². The first-order valence-corrected chi connectivity index (χ1v) is 5.90. The van der Waals surface area contributed by atoms with Crippen LogP contribution in [0.3, 0.4) is 0 Å². The van der Waals surface area contributed by atoms with Crippen molar-refractivity contribution in [2.45, 2.75) is 13.3 Å². The smallest absolute Gasteiger partial charge is 0.280 e. The predicted molar refractivity (Wildman–Crippen MR) is 72.3 cm³/mol. The Bertz CT molecular complexity index is 618. The molecule has 0 aliphatic carbocycles.